The number of hydrogen-bond acceptors (Lipinski definition) is 5. The fraction of sp³-hybridized carbons (Fsp3) is 0.250. The smallest absolute Gasteiger partial charge is 0.324 e. The summed E-state index contributed by atoms with van der Waals surface area (Å²) in [6.45, 7) is 0.0605. The van der Waals surface area contributed by atoms with Crippen LogP contribution in [-0.4, -0.2) is 51.6 Å². The highest BCUT2D eigenvalue weighted by atomic mass is 16.6. The number of ether oxygens (including phenoxy) is 1. The lowest BCUT2D eigenvalue weighted by molar-refractivity contribution is -0.145. The first-order valence-corrected chi connectivity index (χ1v) is 8.75. The summed E-state index contributed by atoms with van der Waals surface area (Å²) >= 11 is 0. The number of rotatable bonds is 8. The van der Waals surface area contributed by atoms with Gasteiger partial charge >= 0.3 is 5.97 Å². The molecule has 2 atom stereocenters. The van der Waals surface area contributed by atoms with Crippen LogP contribution in [0.25, 0.3) is 0 Å². The molecular formula is C20H21N3O5. The molecule has 8 nitrogen and oxygen atoms in total. The lowest BCUT2D eigenvalue weighted by Gasteiger charge is -2.22. The molecule has 1 aliphatic rings. The van der Waals surface area contributed by atoms with Gasteiger partial charge < -0.3 is 14.7 Å². The van der Waals surface area contributed by atoms with E-state index in [-0.39, 0.29) is 5.91 Å². The zero-order valence-electron chi connectivity index (χ0n) is 15.1. The van der Waals surface area contributed by atoms with E-state index >= 15 is 0 Å². The van der Waals surface area contributed by atoms with Crippen molar-refractivity contribution in [1.29, 1.82) is 0 Å². The molecule has 0 saturated carbocycles. The number of aliphatic carboxylic acids is 1. The number of carbonyl (C=O) groups excluding carboxylic acids is 2. The monoisotopic (exact) mass is 383 g/mol. The molecule has 1 fully saturated rings. The van der Waals surface area contributed by atoms with Crippen LogP contribution in [0, 0.1) is 0 Å². The Hall–Kier alpha value is -3.23. The third-order valence-corrected chi connectivity index (χ3v) is 4.31. The molecule has 8 heteroatoms. The summed E-state index contributed by atoms with van der Waals surface area (Å²) in [5.41, 5.74) is 1.89. The van der Waals surface area contributed by atoms with Crippen molar-refractivity contribution in [3.05, 3.63) is 71.8 Å². The van der Waals surface area contributed by atoms with Gasteiger partial charge in [-0.15, -0.1) is 0 Å². The minimum atomic E-state index is -1.24. The maximum atomic E-state index is 12.9. The molecule has 0 aromatic heterocycles. The molecule has 3 rings (SSSR count). The van der Waals surface area contributed by atoms with Gasteiger partial charge in [0.25, 0.3) is 11.8 Å². The molecule has 2 aromatic carbocycles. The molecule has 2 amide bonds. The van der Waals surface area contributed by atoms with Crippen molar-refractivity contribution >= 4 is 17.8 Å². The maximum absolute atomic E-state index is 12.9. The third kappa shape index (κ3) is 4.93. The normalized spacial score (nSPS) is 17.6. The second-order valence-electron chi connectivity index (χ2n) is 6.50. The van der Waals surface area contributed by atoms with Crippen molar-refractivity contribution in [2.75, 3.05) is 6.54 Å². The van der Waals surface area contributed by atoms with Gasteiger partial charge in [-0.25, -0.2) is 5.84 Å². The number of carbonyl (C=O) groups is 3. The van der Waals surface area contributed by atoms with E-state index in [4.69, 9.17) is 15.7 Å². The van der Waals surface area contributed by atoms with Crippen LogP contribution in [-0.2, 0) is 32.2 Å². The Balaban J connectivity index is 1.70. The Morgan fingerprint density at radius 1 is 0.857 bits per heavy atom. The summed E-state index contributed by atoms with van der Waals surface area (Å²) in [6.07, 6.45) is -2.01. The van der Waals surface area contributed by atoms with E-state index in [1.807, 2.05) is 60.7 Å². The van der Waals surface area contributed by atoms with Gasteiger partial charge in [-0.3, -0.25) is 19.4 Å². The van der Waals surface area contributed by atoms with E-state index in [9.17, 15) is 14.4 Å². The predicted octanol–water partition coefficient (Wildman–Crippen LogP) is 0.770. The highest BCUT2D eigenvalue weighted by molar-refractivity contribution is 5.95. The van der Waals surface area contributed by atoms with Crippen LogP contribution < -0.4 is 5.84 Å². The number of hydrogen-bond donors (Lipinski definition) is 2. The highest BCUT2D eigenvalue weighted by Gasteiger charge is 2.53. The topological polar surface area (TPSA) is 116 Å². The fourth-order valence-corrected chi connectivity index (χ4v) is 2.87. The van der Waals surface area contributed by atoms with E-state index in [1.165, 1.54) is 0 Å². The minimum Gasteiger partial charge on any atom is -0.480 e. The van der Waals surface area contributed by atoms with Gasteiger partial charge in [0.15, 0.2) is 12.2 Å². The maximum Gasteiger partial charge on any atom is 0.324 e. The molecule has 0 radical (unpaired) electrons. The van der Waals surface area contributed by atoms with Crippen LogP contribution in [0.1, 0.15) is 11.1 Å². The van der Waals surface area contributed by atoms with E-state index < -0.39 is 30.6 Å². The second-order valence-corrected chi connectivity index (χ2v) is 6.50. The number of epoxide rings is 1. The standard InChI is InChI=1S/C20H21N3O5/c21-23(13-16(24)25)20(27)18-17(28-18)19(26)22(11-14-7-3-1-4-8-14)12-15-9-5-2-6-10-15/h1-10,17-18H,11-13,21H2,(H,24,25)/t17-,18?/m0/s1. The SMILES string of the molecule is NN(CC(=O)O)C(=O)C1O[C@@H]1C(=O)N(Cc1ccccc1)Cc1ccccc1. The summed E-state index contributed by atoms with van der Waals surface area (Å²) in [7, 11) is 0. The summed E-state index contributed by atoms with van der Waals surface area (Å²) in [5.74, 6) is 3.14. The molecule has 0 aliphatic carbocycles. The van der Waals surface area contributed by atoms with Crippen LogP contribution in [0.2, 0.25) is 0 Å². The van der Waals surface area contributed by atoms with Gasteiger partial charge in [0.1, 0.15) is 6.54 Å². The zero-order valence-corrected chi connectivity index (χ0v) is 15.1. The molecule has 3 N–H and O–H groups in total. The van der Waals surface area contributed by atoms with Crippen molar-refractivity contribution < 1.29 is 24.2 Å². The van der Waals surface area contributed by atoms with Crippen molar-refractivity contribution in [1.82, 2.24) is 9.91 Å². The van der Waals surface area contributed by atoms with Crippen LogP contribution in [0.5, 0.6) is 0 Å². The number of nitrogens with two attached hydrogens (primary N) is 1. The minimum absolute atomic E-state index is 0.338. The first kappa shape index (κ1) is 19.5. The Morgan fingerprint density at radius 2 is 1.32 bits per heavy atom. The van der Waals surface area contributed by atoms with Crippen molar-refractivity contribution in [2.45, 2.75) is 25.3 Å². The number of carboxylic acid groups (broad SMARTS) is 1. The first-order valence-electron chi connectivity index (χ1n) is 8.75. The van der Waals surface area contributed by atoms with Crippen LogP contribution in [0.4, 0.5) is 0 Å². The largest absolute Gasteiger partial charge is 0.480 e. The number of amides is 2. The Kier molecular flexibility index (Phi) is 6.03. The second kappa shape index (κ2) is 8.64. The zero-order chi connectivity index (χ0) is 20.1. The molecule has 28 heavy (non-hydrogen) atoms. The number of carboxylic acids is 1. The molecule has 0 spiro atoms. The van der Waals surface area contributed by atoms with Gasteiger partial charge in [0.2, 0.25) is 0 Å². The molecule has 1 aliphatic heterocycles. The van der Waals surface area contributed by atoms with Crippen molar-refractivity contribution in [3.63, 3.8) is 0 Å². The quantitative estimate of drug-likeness (QED) is 0.301. The van der Waals surface area contributed by atoms with Gasteiger partial charge in [-0.2, -0.15) is 0 Å². The van der Waals surface area contributed by atoms with Gasteiger partial charge in [0, 0.05) is 13.1 Å². The summed E-state index contributed by atoms with van der Waals surface area (Å²) in [4.78, 5) is 37.4. The van der Waals surface area contributed by atoms with Crippen LogP contribution in [0.3, 0.4) is 0 Å². The number of hydrazine groups is 1. The summed E-state index contributed by atoms with van der Waals surface area (Å²) < 4.78 is 5.24. The van der Waals surface area contributed by atoms with E-state index in [1.54, 1.807) is 4.90 Å². The van der Waals surface area contributed by atoms with Gasteiger partial charge in [-0.05, 0) is 11.1 Å². The molecular weight excluding hydrogens is 362 g/mol. The first-order chi connectivity index (χ1) is 13.5. The van der Waals surface area contributed by atoms with Gasteiger partial charge in [-0.1, -0.05) is 60.7 Å². The molecule has 2 aromatic rings. The predicted molar refractivity (Wildman–Crippen MR) is 99.3 cm³/mol. The molecule has 1 heterocycles. The molecule has 1 unspecified atom stereocenters. The van der Waals surface area contributed by atoms with Gasteiger partial charge in [0.05, 0.1) is 0 Å². The van der Waals surface area contributed by atoms with Crippen molar-refractivity contribution in [2.24, 2.45) is 5.84 Å². The Morgan fingerprint density at radius 3 is 1.79 bits per heavy atom. The van der Waals surface area contributed by atoms with Crippen molar-refractivity contribution in [3.8, 4) is 0 Å². The lowest BCUT2D eigenvalue weighted by atomic mass is 10.1. The molecule has 0 bridgehead atoms. The van der Waals surface area contributed by atoms with E-state index in [0.717, 1.165) is 11.1 Å². The fourth-order valence-electron chi connectivity index (χ4n) is 2.87. The molecule has 146 valence electrons. The Labute approximate surface area is 162 Å². The number of nitrogens with zero attached hydrogens (tertiary/aromatic N) is 2. The van der Waals surface area contributed by atoms with Crippen LogP contribution >= 0.6 is 0 Å². The highest BCUT2D eigenvalue weighted by Crippen LogP contribution is 2.27. The summed E-state index contributed by atoms with van der Waals surface area (Å²) in [6, 6.07) is 19.0. The Bertz CT molecular complexity index is 802. The number of benzene rings is 2. The lowest BCUT2D eigenvalue weighted by Crippen LogP contribution is -2.45. The molecule has 1 saturated heterocycles. The van der Waals surface area contributed by atoms with E-state index in [2.05, 4.69) is 0 Å². The van der Waals surface area contributed by atoms with Crippen LogP contribution in [0.15, 0.2) is 60.7 Å². The van der Waals surface area contributed by atoms with E-state index in [0.29, 0.717) is 18.1 Å². The summed E-state index contributed by atoms with van der Waals surface area (Å²) in [5, 5.41) is 9.29. The average Bonchev–Trinajstić information content (AvgIpc) is 3.48. The third-order valence-electron chi connectivity index (χ3n) is 4.31. The average molecular weight is 383 g/mol.